The smallest absolute Gasteiger partial charge is 0.240 e. The lowest BCUT2D eigenvalue weighted by Gasteiger charge is -2.34. The summed E-state index contributed by atoms with van der Waals surface area (Å²) in [6, 6.07) is 0. The number of aromatic nitrogens is 6. The molecule has 0 aromatic carbocycles. The van der Waals surface area contributed by atoms with Gasteiger partial charge in [-0.25, -0.2) is 9.97 Å². The maximum atomic E-state index is 5.27. The van der Waals surface area contributed by atoms with Crippen LogP contribution < -0.4 is 4.90 Å². The van der Waals surface area contributed by atoms with Crippen LogP contribution in [-0.4, -0.2) is 67.8 Å². The second-order valence-electron chi connectivity index (χ2n) is 6.38. The summed E-state index contributed by atoms with van der Waals surface area (Å²) in [6.45, 7) is 6.45. The predicted molar refractivity (Wildman–Crippen MR) is 96.4 cm³/mol. The Kier molecular flexibility index (Phi) is 5.07. The molecule has 0 N–H and O–H groups in total. The maximum Gasteiger partial charge on any atom is 0.240 e. The van der Waals surface area contributed by atoms with Crippen molar-refractivity contribution < 1.29 is 9.26 Å². The molecule has 3 aromatic heterocycles. The van der Waals surface area contributed by atoms with Gasteiger partial charge >= 0.3 is 0 Å². The molecule has 10 heteroatoms. The summed E-state index contributed by atoms with van der Waals surface area (Å²) in [6.07, 6.45) is 7.21. The third-order valence-electron chi connectivity index (χ3n) is 4.52. The number of imidazole rings is 1. The van der Waals surface area contributed by atoms with Crippen LogP contribution in [0.25, 0.3) is 5.82 Å². The first-order chi connectivity index (χ1) is 13.2. The Bertz CT molecular complexity index is 884. The summed E-state index contributed by atoms with van der Waals surface area (Å²) in [5.74, 6) is 3.74. The fourth-order valence-electron chi connectivity index (χ4n) is 3.10. The van der Waals surface area contributed by atoms with Crippen LogP contribution in [0.5, 0.6) is 0 Å². The molecular formula is C17H22N8O2. The summed E-state index contributed by atoms with van der Waals surface area (Å²) in [5, 5.41) is 3.90. The number of piperazine rings is 1. The van der Waals surface area contributed by atoms with E-state index in [1.165, 1.54) is 0 Å². The summed E-state index contributed by atoms with van der Waals surface area (Å²) in [4.78, 5) is 22.2. The van der Waals surface area contributed by atoms with Gasteiger partial charge in [0.05, 0.1) is 18.9 Å². The van der Waals surface area contributed by atoms with Gasteiger partial charge in [0.25, 0.3) is 0 Å². The molecule has 1 saturated heterocycles. The normalized spacial score (nSPS) is 15.4. The summed E-state index contributed by atoms with van der Waals surface area (Å²) in [5.41, 5.74) is 0. The van der Waals surface area contributed by atoms with Crippen LogP contribution in [0.1, 0.15) is 17.5 Å². The van der Waals surface area contributed by atoms with Gasteiger partial charge in [-0.3, -0.25) is 14.5 Å². The molecule has 10 nitrogen and oxygen atoms in total. The Hall–Kier alpha value is -2.85. The molecule has 142 valence electrons. The molecule has 0 saturated carbocycles. The van der Waals surface area contributed by atoms with Crippen molar-refractivity contribution in [2.45, 2.75) is 20.1 Å². The minimum atomic E-state index is 0.364. The van der Waals surface area contributed by atoms with E-state index in [9.17, 15) is 0 Å². The molecule has 0 bridgehead atoms. The molecule has 0 amide bonds. The largest absolute Gasteiger partial charge is 0.377 e. The average molecular weight is 370 g/mol. The zero-order chi connectivity index (χ0) is 18.6. The highest BCUT2D eigenvalue weighted by atomic mass is 16.5. The van der Waals surface area contributed by atoms with Crippen LogP contribution in [0.2, 0.25) is 0 Å². The van der Waals surface area contributed by atoms with Gasteiger partial charge in [-0.1, -0.05) is 5.16 Å². The summed E-state index contributed by atoms with van der Waals surface area (Å²) >= 11 is 0. The van der Waals surface area contributed by atoms with E-state index >= 15 is 0 Å². The summed E-state index contributed by atoms with van der Waals surface area (Å²) < 4.78 is 12.2. The molecule has 0 unspecified atom stereocenters. The minimum absolute atomic E-state index is 0.364. The van der Waals surface area contributed by atoms with E-state index in [1.807, 2.05) is 17.7 Å². The Morgan fingerprint density at radius 2 is 1.93 bits per heavy atom. The number of aryl methyl sites for hydroxylation is 1. The maximum absolute atomic E-state index is 5.27. The molecule has 0 atom stereocenters. The highest BCUT2D eigenvalue weighted by Crippen LogP contribution is 2.16. The average Bonchev–Trinajstić information content (AvgIpc) is 3.32. The molecule has 3 aromatic rings. The number of ether oxygens (including phenoxy) is 1. The number of hydrogen-bond acceptors (Lipinski definition) is 9. The van der Waals surface area contributed by atoms with E-state index < -0.39 is 0 Å². The third-order valence-corrected chi connectivity index (χ3v) is 4.52. The van der Waals surface area contributed by atoms with Crippen molar-refractivity contribution in [3.05, 3.63) is 42.3 Å². The van der Waals surface area contributed by atoms with Gasteiger partial charge in [0.2, 0.25) is 5.89 Å². The number of nitrogens with zero attached hydrogens (tertiary/aromatic N) is 8. The van der Waals surface area contributed by atoms with Crippen molar-refractivity contribution in [2.75, 3.05) is 38.2 Å². The van der Waals surface area contributed by atoms with E-state index in [0.717, 1.165) is 43.6 Å². The van der Waals surface area contributed by atoms with E-state index in [0.29, 0.717) is 24.9 Å². The van der Waals surface area contributed by atoms with Gasteiger partial charge in [-0.05, 0) is 6.92 Å². The lowest BCUT2D eigenvalue weighted by Crippen LogP contribution is -2.46. The van der Waals surface area contributed by atoms with Gasteiger partial charge in [0, 0.05) is 45.7 Å². The molecule has 1 aliphatic heterocycles. The topological polar surface area (TPSA) is 98.2 Å². The standard InChI is InChI=1S/C17H22N8O2/c1-13-19-3-4-25(13)16-10-18-9-15(21-16)24-7-5-23(6-8-24)11-17-20-14(12-26-2)22-27-17/h3-4,9-10H,5-8,11-12H2,1-2H3. The second kappa shape index (κ2) is 7.80. The van der Waals surface area contributed by atoms with Crippen molar-refractivity contribution in [2.24, 2.45) is 0 Å². The lowest BCUT2D eigenvalue weighted by atomic mass is 10.3. The number of rotatable bonds is 6. The van der Waals surface area contributed by atoms with Crippen molar-refractivity contribution >= 4 is 5.82 Å². The molecule has 1 fully saturated rings. The second-order valence-corrected chi connectivity index (χ2v) is 6.38. The SMILES string of the molecule is COCc1noc(CN2CCN(c3cncc(-n4ccnc4C)n3)CC2)n1. The first-order valence-electron chi connectivity index (χ1n) is 8.83. The quantitative estimate of drug-likeness (QED) is 0.624. The Balaban J connectivity index is 1.37. The Morgan fingerprint density at radius 3 is 2.67 bits per heavy atom. The van der Waals surface area contributed by atoms with Gasteiger partial charge in [-0.15, -0.1) is 0 Å². The van der Waals surface area contributed by atoms with Gasteiger partial charge in [-0.2, -0.15) is 4.98 Å². The first kappa shape index (κ1) is 17.6. The first-order valence-corrected chi connectivity index (χ1v) is 8.83. The van der Waals surface area contributed by atoms with E-state index in [1.54, 1.807) is 25.7 Å². The predicted octanol–water partition coefficient (Wildman–Crippen LogP) is 0.822. The Morgan fingerprint density at radius 1 is 1.11 bits per heavy atom. The number of methoxy groups -OCH3 is 1. The number of anilines is 1. The van der Waals surface area contributed by atoms with Crippen molar-refractivity contribution in [1.29, 1.82) is 0 Å². The fraction of sp³-hybridized carbons (Fsp3) is 0.471. The zero-order valence-corrected chi connectivity index (χ0v) is 15.4. The highest BCUT2D eigenvalue weighted by Gasteiger charge is 2.21. The van der Waals surface area contributed by atoms with Crippen LogP contribution in [0.15, 0.2) is 29.3 Å². The van der Waals surface area contributed by atoms with Gasteiger partial charge < -0.3 is 14.2 Å². The van der Waals surface area contributed by atoms with Crippen molar-refractivity contribution in [1.82, 2.24) is 34.6 Å². The van der Waals surface area contributed by atoms with Gasteiger partial charge in [0.15, 0.2) is 11.6 Å². The van der Waals surface area contributed by atoms with Crippen molar-refractivity contribution in [3.8, 4) is 5.82 Å². The number of hydrogen-bond donors (Lipinski definition) is 0. The van der Waals surface area contributed by atoms with Gasteiger partial charge in [0.1, 0.15) is 18.2 Å². The Labute approximate surface area is 156 Å². The summed E-state index contributed by atoms with van der Waals surface area (Å²) in [7, 11) is 1.61. The molecule has 27 heavy (non-hydrogen) atoms. The molecule has 1 aliphatic rings. The molecule has 4 rings (SSSR count). The monoisotopic (exact) mass is 370 g/mol. The van der Waals surface area contributed by atoms with Crippen LogP contribution in [0.3, 0.4) is 0 Å². The van der Waals surface area contributed by atoms with E-state index in [-0.39, 0.29) is 0 Å². The molecule has 0 spiro atoms. The third kappa shape index (κ3) is 3.96. The lowest BCUT2D eigenvalue weighted by molar-refractivity contribution is 0.174. The highest BCUT2D eigenvalue weighted by molar-refractivity contribution is 5.40. The molecular weight excluding hydrogens is 348 g/mol. The van der Waals surface area contributed by atoms with Crippen LogP contribution in [0, 0.1) is 6.92 Å². The van der Waals surface area contributed by atoms with E-state index in [4.69, 9.17) is 14.2 Å². The van der Waals surface area contributed by atoms with Crippen LogP contribution in [0.4, 0.5) is 5.82 Å². The zero-order valence-electron chi connectivity index (χ0n) is 15.4. The van der Waals surface area contributed by atoms with E-state index in [2.05, 4.69) is 29.9 Å². The molecule has 4 heterocycles. The molecule has 0 radical (unpaired) electrons. The molecule has 0 aliphatic carbocycles. The minimum Gasteiger partial charge on any atom is -0.377 e. The van der Waals surface area contributed by atoms with Crippen LogP contribution in [-0.2, 0) is 17.9 Å². The van der Waals surface area contributed by atoms with Crippen molar-refractivity contribution in [3.63, 3.8) is 0 Å². The fourth-order valence-corrected chi connectivity index (χ4v) is 3.10. The van der Waals surface area contributed by atoms with Crippen LogP contribution >= 0.6 is 0 Å².